The maximum Gasteiger partial charge on any atom is 0.302 e. The van der Waals surface area contributed by atoms with Gasteiger partial charge < -0.3 is 9.84 Å². The molecular weight excluding hydrogens is 144 g/mol. The van der Waals surface area contributed by atoms with Crippen LogP contribution in [0.2, 0.25) is 0 Å². The Morgan fingerprint density at radius 1 is 1.55 bits per heavy atom. The van der Waals surface area contributed by atoms with E-state index >= 15 is 0 Å². The lowest BCUT2D eigenvalue weighted by Crippen LogP contribution is -2.05. The van der Waals surface area contributed by atoms with Crippen LogP contribution in [0.4, 0.5) is 0 Å². The van der Waals surface area contributed by atoms with Gasteiger partial charge in [0.1, 0.15) is 0 Å². The van der Waals surface area contributed by atoms with Crippen LogP contribution in [0.3, 0.4) is 0 Å². The minimum Gasteiger partial charge on any atom is -0.466 e. The summed E-state index contributed by atoms with van der Waals surface area (Å²) in [6.45, 7) is 7.89. The first-order chi connectivity index (χ1) is 5.04. The van der Waals surface area contributed by atoms with Crippen molar-refractivity contribution in [1.29, 1.82) is 0 Å². The number of hydrogen-bond donors (Lipinski definition) is 1. The molecule has 0 aromatic heterocycles. The van der Waals surface area contributed by atoms with E-state index in [9.17, 15) is 4.79 Å². The molecule has 0 aliphatic rings. The number of carbonyl (C=O) groups is 1. The molecule has 0 spiro atoms. The molecule has 3 nitrogen and oxygen atoms in total. The van der Waals surface area contributed by atoms with Gasteiger partial charge in [-0.1, -0.05) is 13.8 Å². The SMILES string of the molecule is CC(=O)OCC(C)C.CCO. The molecule has 0 heterocycles. The fourth-order valence-electron chi connectivity index (χ4n) is 0.284. The summed E-state index contributed by atoms with van der Waals surface area (Å²) >= 11 is 0. The highest BCUT2D eigenvalue weighted by Crippen LogP contribution is 1.91. The number of hydrogen-bond acceptors (Lipinski definition) is 3. The Bertz CT molecular complexity index is 89.3. The van der Waals surface area contributed by atoms with Crippen LogP contribution in [0.5, 0.6) is 0 Å². The van der Waals surface area contributed by atoms with Gasteiger partial charge in [-0.15, -0.1) is 0 Å². The van der Waals surface area contributed by atoms with Crippen LogP contribution in [0.15, 0.2) is 0 Å². The lowest BCUT2D eigenvalue weighted by molar-refractivity contribution is -0.141. The second kappa shape index (κ2) is 9.43. The maximum absolute atomic E-state index is 10.1. The highest BCUT2D eigenvalue weighted by molar-refractivity contribution is 5.65. The van der Waals surface area contributed by atoms with Gasteiger partial charge in [0.15, 0.2) is 0 Å². The fraction of sp³-hybridized carbons (Fsp3) is 0.875. The van der Waals surface area contributed by atoms with Gasteiger partial charge in [0.05, 0.1) is 6.61 Å². The van der Waals surface area contributed by atoms with Crippen molar-refractivity contribution in [2.24, 2.45) is 5.92 Å². The second-order valence-corrected chi connectivity index (χ2v) is 2.51. The highest BCUT2D eigenvalue weighted by Gasteiger charge is 1.94. The molecule has 68 valence electrons. The van der Waals surface area contributed by atoms with E-state index in [0.29, 0.717) is 12.5 Å². The minimum absolute atomic E-state index is 0.196. The summed E-state index contributed by atoms with van der Waals surface area (Å²) in [6.07, 6.45) is 0. The van der Waals surface area contributed by atoms with Gasteiger partial charge in [0.2, 0.25) is 0 Å². The Morgan fingerprint density at radius 3 is 2.00 bits per heavy atom. The van der Waals surface area contributed by atoms with E-state index < -0.39 is 0 Å². The summed E-state index contributed by atoms with van der Waals surface area (Å²) in [6, 6.07) is 0. The molecule has 11 heavy (non-hydrogen) atoms. The zero-order valence-electron chi connectivity index (χ0n) is 7.76. The molecule has 0 aliphatic carbocycles. The Balaban J connectivity index is 0. The fourth-order valence-corrected chi connectivity index (χ4v) is 0.284. The summed E-state index contributed by atoms with van der Waals surface area (Å²) in [4.78, 5) is 10.1. The topological polar surface area (TPSA) is 46.5 Å². The van der Waals surface area contributed by atoms with E-state index in [4.69, 9.17) is 5.11 Å². The molecule has 0 aromatic carbocycles. The van der Waals surface area contributed by atoms with Crippen LogP contribution in [0, 0.1) is 5.92 Å². The molecule has 0 fully saturated rings. The molecule has 0 saturated carbocycles. The smallest absolute Gasteiger partial charge is 0.302 e. The van der Waals surface area contributed by atoms with Crippen molar-refractivity contribution in [2.45, 2.75) is 27.7 Å². The number of rotatable bonds is 2. The van der Waals surface area contributed by atoms with Crippen molar-refractivity contribution in [3.05, 3.63) is 0 Å². The zero-order chi connectivity index (χ0) is 9.28. The van der Waals surface area contributed by atoms with Crippen LogP contribution >= 0.6 is 0 Å². The van der Waals surface area contributed by atoms with Crippen molar-refractivity contribution in [1.82, 2.24) is 0 Å². The molecule has 3 heteroatoms. The van der Waals surface area contributed by atoms with Crippen molar-refractivity contribution < 1.29 is 14.6 Å². The van der Waals surface area contributed by atoms with E-state index in [1.54, 1.807) is 6.92 Å². The summed E-state index contributed by atoms with van der Waals surface area (Å²) in [5.74, 6) is 0.248. The normalized spacial score (nSPS) is 8.55. The largest absolute Gasteiger partial charge is 0.466 e. The van der Waals surface area contributed by atoms with Gasteiger partial charge in [-0.25, -0.2) is 0 Å². The molecule has 0 rings (SSSR count). The first-order valence-corrected chi connectivity index (χ1v) is 3.78. The third-order valence-electron chi connectivity index (χ3n) is 0.620. The molecule has 0 unspecified atom stereocenters. The molecule has 0 atom stereocenters. The third-order valence-corrected chi connectivity index (χ3v) is 0.620. The van der Waals surface area contributed by atoms with Crippen molar-refractivity contribution in [2.75, 3.05) is 13.2 Å². The van der Waals surface area contributed by atoms with Gasteiger partial charge in [0, 0.05) is 13.5 Å². The number of esters is 1. The van der Waals surface area contributed by atoms with E-state index in [2.05, 4.69) is 4.74 Å². The number of ether oxygens (including phenoxy) is 1. The lowest BCUT2D eigenvalue weighted by atomic mass is 10.2. The molecule has 0 radical (unpaired) electrons. The van der Waals surface area contributed by atoms with Crippen LogP contribution in [0.1, 0.15) is 27.7 Å². The van der Waals surface area contributed by atoms with Crippen LogP contribution < -0.4 is 0 Å². The Hall–Kier alpha value is -0.570. The van der Waals surface area contributed by atoms with Gasteiger partial charge in [-0.2, -0.15) is 0 Å². The summed E-state index contributed by atoms with van der Waals surface area (Å²) < 4.78 is 4.66. The molecule has 0 aromatic rings. The second-order valence-electron chi connectivity index (χ2n) is 2.51. The first-order valence-electron chi connectivity index (χ1n) is 3.78. The first kappa shape index (κ1) is 13.1. The van der Waals surface area contributed by atoms with E-state index in [-0.39, 0.29) is 12.6 Å². The zero-order valence-corrected chi connectivity index (χ0v) is 7.76. The average Bonchev–Trinajstić information content (AvgIpc) is 1.85. The average molecular weight is 162 g/mol. The molecule has 0 aliphatic heterocycles. The summed E-state index contributed by atoms with van der Waals surface area (Å²) in [7, 11) is 0. The number of aliphatic hydroxyl groups is 1. The Labute approximate surface area is 68.4 Å². The van der Waals surface area contributed by atoms with Gasteiger partial charge in [-0.3, -0.25) is 4.79 Å². The van der Waals surface area contributed by atoms with E-state index in [1.807, 2.05) is 13.8 Å². The predicted molar refractivity (Wildman–Crippen MR) is 44.2 cm³/mol. The Kier molecular flexibility index (Phi) is 11.2. The van der Waals surface area contributed by atoms with Crippen molar-refractivity contribution in [3.8, 4) is 0 Å². The number of aliphatic hydroxyl groups excluding tert-OH is 1. The monoisotopic (exact) mass is 162 g/mol. The quantitative estimate of drug-likeness (QED) is 0.621. The number of carbonyl (C=O) groups excluding carboxylic acids is 1. The summed E-state index contributed by atoms with van der Waals surface area (Å²) in [5, 5.41) is 7.57. The van der Waals surface area contributed by atoms with Gasteiger partial charge in [-0.05, 0) is 12.8 Å². The molecule has 0 saturated heterocycles. The predicted octanol–water partition coefficient (Wildman–Crippen LogP) is 1.20. The maximum atomic E-state index is 10.1. The highest BCUT2D eigenvalue weighted by atomic mass is 16.5. The molecule has 0 bridgehead atoms. The third kappa shape index (κ3) is 26.5. The van der Waals surface area contributed by atoms with Crippen molar-refractivity contribution in [3.63, 3.8) is 0 Å². The van der Waals surface area contributed by atoms with Gasteiger partial charge >= 0.3 is 5.97 Å². The van der Waals surface area contributed by atoms with Crippen LogP contribution in [-0.2, 0) is 9.53 Å². The van der Waals surface area contributed by atoms with Gasteiger partial charge in [0.25, 0.3) is 0 Å². The molecule has 0 amide bonds. The van der Waals surface area contributed by atoms with E-state index in [1.165, 1.54) is 6.92 Å². The van der Waals surface area contributed by atoms with Crippen molar-refractivity contribution >= 4 is 5.97 Å². The Morgan fingerprint density at radius 2 is 1.91 bits per heavy atom. The lowest BCUT2D eigenvalue weighted by Gasteiger charge is -2.02. The van der Waals surface area contributed by atoms with E-state index in [0.717, 1.165) is 0 Å². The standard InChI is InChI=1S/C6H12O2.C2H6O/c1-5(2)4-8-6(3)7;1-2-3/h5H,4H2,1-3H3;3H,2H2,1H3. The molecule has 1 N–H and O–H groups in total. The summed E-state index contributed by atoms with van der Waals surface area (Å²) in [5.41, 5.74) is 0. The van der Waals surface area contributed by atoms with Crippen LogP contribution in [-0.4, -0.2) is 24.3 Å². The minimum atomic E-state index is -0.196. The molecular formula is C8H18O3. The van der Waals surface area contributed by atoms with Crippen LogP contribution in [0.25, 0.3) is 0 Å².